The molecule has 0 spiro atoms. The fraction of sp³-hybridized carbons (Fsp3) is 0.0500. The molecule has 27 heavy (non-hydrogen) atoms. The van der Waals surface area contributed by atoms with Gasteiger partial charge >= 0.3 is 0 Å². The Kier molecular flexibility index (Phi) is 5.84. The highest BCUT2D eigenvalue weighted by atomic mass is 19.1. The highest BCUT2D eigenvalue weighted by Gasteiger charge is 2.11. The summed E-state index contributed by atoms with van der Waals surface area (Å²) < 4.78 is 27.3. The first-order valence-electron chi connectivity index (χ1n) is 8.13. The van der Waals surface area contributed by atoms with Crippen LogP contribution in [0, 0.1) is 11.6 Å². The average Bonchev–Trinajstić information content (AvgIpc) is 2.68. The van der Waals surface area contributed by atoms with Crippen LogP contribution in [0.1, 0.15) is 15.9 Å². The van der Waals surface area contributed by atoms with Crippen molar-refractivity contribution in [3.63, 3.8) is 0 Å². The third-order valence-corrected chi connectivity index (χ3v) is 3.61. The number of amides is 1. The van der Waals surface area contributed by atoms with Crippen LogP contribution in [0.5, 0.6) is 0 Å². The molecule has 0 radical (unpaired) electrons. The van der Waals surface area contributed by atoms with Crippen LogP contribution < -0.4 is 10.6 Å². The molecule has 0 saturated heterocycles. The molecule has 1 amide bonds. The summed E-state index contributed by atoms with van der Waals surface area (Å²) in [5.41, 5.74) is 1.14. The van der Waals surface area contributed by atoms with Crippen molar-refractivity contribution in [2.75, 3.05) is 5.32 Å². The zero-order valence-corrected chi connectivity index (χ0v) is 14.2. The quantitative estimate of drug-likeness (QED) is 0.546. The molecule has 1 heterocycles. The maximum Gasteiger partial charge on any atom is 0.258 e. The topological polar surface area (TPSA) is 66.4 Å². The Balaban J connectivity index is 1.82. The number of carbonyl (C=O) groups is 1. The Morgan fingerprint density at radius 3 is 2.52 bits per heavy atom. The number of para-hydroxylation sites is 1. The molecule has 0 atom stereocenters. The molecule has 0 aliphatic rings. The molecule has 0 saturated carbocycles. The number of guanidine groups is 1. The van der Waals surface area contributed by atoms with Crippen LogP contribution in [0.25, 0.3) is 0 Å². The summed E-state index contributed by atoms with van der Waals surface area (Å²) in [6, 6.07) is 14.8. The van der Waals surface area contributed by atoms with E-state index in [0.29, 0.717) is 0 Å². The number of nitrogens with one attached hydrogen (secondary N) is 2. The van der Waals surface area contributed by atoms with E-state index in [1.54, 1.807) is 36.7 Å². The van der Waals surface area contributed by atoms with Crippen molar-refractivity contribution < 1.29 is 13.6 Å². The second-order valence-electron chi connectivity index (χ2n) is 5.59. The van der Waals surface area contributed by atoms with E-state index in [4.69, 9.17) is 0 Å². The minimum absolute atomic E-state index is 0.0474. The maximum absolute atomic E-state index is 13.9. The number of halogens is 2. The van der Waals surface area contributed by atoms with Crippen molar-refractivity contribution in [2.24, 2.45) is 4.99 Å². The highest BCUT2D eigenvalue weighted by Crippen LogP contribution is 2.12. The number of hydrogen-bond acceptors (Lipinski definition) is 3. The highest BCUT2D eigenvalue weighted by molar-refractivity contribution is 6.09. The van der Waals surface area contributed by atoms with Gasteiger partial charge in [-0.15, -0.1) is 0 Å². The van der Waals surface area contributed by atoms with E-state index in [1.807, 2.05) is 0 Å². The average molecular weight is 366 g/mol. The molecular formula is C20H16F2N4O. The second kappa shape index (κ2) is 8.66. The van der Waals surface area contributed by atoms with Crippen molar-refractivity contribution in [1.29, 1.82) is 0 Å². The number of aliphatic imine (C=N–C) groups is 1. The number of rotatable bonds is 4. The lowest BCUT2D eigenvalue weighted by molar-refractivity contribution is 0.0976. The molecular weight excluding hydrogens is 350 g/mol. The van der Waals surface area contributed by atoms with Gasteiger partial charge in [-0.05, 0) is 48.0 Å². The minimum Gasteiger partial charge on any atom is -0.323 e. The van der Waals surface area contributed by atoms with Gasteiger partial charge in [-0.3, -0.25) is 15.1 Å². The standard InChI is InChI=1S/C20H16F2N4O/c21-16-5-3-4-15(12-16)19(27)26-20(24-13-14-8-10-23-11-9-14)25-18-7-2-1-6-17(18)22/h1-12H,13H2,(H2,24,25,26,27). The number of anilines is 1. The van der Waals surface area contributed by atoms with E-state index in [9.17, 15) is 13.6 Å². The van der Waals surface area contributed by atoms with Crippen LogP contribution in [0.4, 0.5) is 14.5 Å². The monoisotopic (exact) mass is 366 g/mol. The number of pyridine rings is 1. The lowest BCUT2D eigenvalue weighted by Crippen LogP contribution is -2.36. The smallest absolute Gasteiger partial charge is 0.258 e. The molecule has 7 heteroatoms. The van der Waals surface area contributed by atoms with Crippen molar-refractivity contribution in [3.8, 4) is 0 Å². The van der Waals surface area contributed by atoms with Gasteiger partial charge in [-0.25, -0.2) is 13.8 Å². The van der Waals surface area contributed by atoms with Crippen LogP contribution in [0.3, 0.4) is 0 Å². The Morgan fingerprint density at radius 1 is 1.00 bits per heavy atom. The summed E-state index contributed by atoms with van der Waals surface area (Å²) in [6.07, 6.45) is 3.25. The number of aromatic nitrogens is 1. The molecule has 5 nitrogen and oxygen atoms in total. The predicted molar refractivity (Wildman–Crippen MR) is 99.3 cm³/mol. The summed E-state index contributed by atoms with van der Waals surface area (Å²) in [4.78, 5) is 20.6. The molecule has 0 fully saturated rings. The lowest BCUT2D eigenvalue weighted by atomic mass is 10.2. The van der Waals surface area contributed by atoms with Gasteiger partial charge in [0.25, 0.3) is 5.91 Å². The fourth-order valence-electron chi connectivity index (χ4n) is 2.27. The van der Waals surface area contributed by atoms with Gasteiger partial charge in [0.1, 0.15) is 11.6 Å². The third kappa shape index (κ3) is 5.18. The van der Waals surface area contributed by atoms with Gasteiger partial charge in [0.15, 0.2) is 0 Å². The summed E-state index contributed by atoms with van der Waals surface area (Å²) in [7, 11) is 0. The van der Waals surface area contributed by atoms with E-state index in [0.717, 1.165) is 11.6 Å². The van der Waals surface area contributed by atoms with Crippen molar-refractivity contribution in [3.05, 3.63) is 95.8 Å². The number of hydrogen-bond donors (Lipinski definition) is 2. The van der Waals surface area contributed by atoms with Crippen LogP contribution >= 0.6 is 0 Å². The predicted octanol–water partition coefficient (Wildman–Crippen LogP) is 3.76. The minimum atomic E-state index is -0.563. The molecule has 1 aromatic heterocycles. The SMILES string of the molecule is O=C(NC(=NCc1ccncc1)Nc1ccccc1F)c1cccc(F)c1. The van der Waals surface area contributed by atoms with Crippen LogP contribution in [0.2, 0.25) is 0 Å². The van der Waals surface area contributed by atoms with Crippen molar-refractivity contribution in [1.82, 2.24) is 10.3 Å². The molecule has 2 N–H and O–H groups in total. The second-order valence-corrected chi connectivity index (χ2v) is 5.59. The first-order valence-corrected chi connectivity index (χ1v) is 8.13. The van der Waals surface area contributed by atoms with E-state index in [-0.39, 0.29) is 23.8 Å². The summed E-state index contributed by atoms with van der Waals surface area (Å²) >= 11 is 0. The zero-order chi connectivity index (χ0) is 19.1. The summed E-state index contributed by atoms with van der Waals surface area (Å²) in [6.45, 7) is 0.239. The first-order chi connectivity index (χ1) is 13.1. The fourth-order valence-corrected chi connectivity index (χ4v) is 2.27. The zero-order valence-electron chi connectivity index (χ0n) is 14.2. The molecule has 3 aromatic rings. The Morgan fingerprint density at radius 2 is 1.78 bits per heavy atom. The molecule has 2 aromatic carbocycles. The molecule has 0 bridgehead atoms. The van der Waals surface area contributed by atoms with Gasteiger partial charge in [0.05, 0.1) is 12.2 Å². The van der Waals surface area contributed by atoms with Gasteiger partial charge in [-0.1, -0.05) is 18.2 Å². The Hall–Kier alpha value is -3.61. The van der Waals surface area contributed by atoms with Gasteiger partial charge in [-0.2, -0.15) is 0 Å². The molecule has 0 aliphatic carbocycles. The molecule has 3 rings (SSSR count). The van der Waals surface area contributed by atoms with Crippen molar-refractivity contribution >= 4 is 17.6 Å². The molecule has 0 aliphatic heterocycles. The molecule has 0 unspecified atom stereocenters. The number of benzene rings is 2. The van der Waals surface area contributed by atoms with E-state index >= 15 is 0 Å². The van der Waals surface area contributed by atoms with E-state index < -0.39 is 17.5 Å². The summed E-state index contributed by atoms with van der Waals surface area (Å²) in [5, 5.41) is 5.32. The van der Waals surface area contributed by atoms with Crippen LogP contribution in [-0.2, 0) is 6.54 Å². The van der Waals surface area contributed by atoms with E-state index in [1.165, 1.54) is 30.3 Å². The Bertz CT molecular complexity index is 961. The Labute approximate surface area is 154 Å². The molecule has 136 valence electrons. The van der Waals surface area contributed by atoms with Crippen molar-refractivity contribution in [2.45, 2.75) is 6.54 Å². The number of nitrogens with zero attached hydrogens (tertiary/aromatic N) is 2. The van der Waals surface area contributed by atoms with Gasteiger partial charge < -0.3 is 5.32 Å². The largest absolute Gasteiger partial charge is 0.323 e. The number of carbonyl (C=O) groups excluding carboxylic acids is 1. The maximum atomic E-state index is 13.9. The van der Waals surface area contributed by atoms with E-state index in [2.05, 4.69) is 20.6 Å². The normalized spacial score (nSPS) is 11.1. The first kappa shape index (κ1) is 18.2. The van der Waals surface area contributed by atoms with Gasteiger partial charge in [0.2, 0.25) is 5.96 Å². The third-order valence-electron chi connectivity index (χ3n) is 3.61. The summed E-state index contributed by atoms with van der Waals surface area (Å²) in [5.74, 6) is -1.54. The lowest BCUT2D eigenvalue weighted by Gasteiger charge is -2.12. The van der Waals surface area contributed by atoms with Gasteiger partial charge in [0, 0.05) is 18.0 Å². The van der Waals surface area contributed by atoms with Crippen LogP contribution in [-0.4, -0.2) is 16.9 Å². The van der Waals surface area contributed by atoms with Crippen LogP contribution in [0.15, 0.2) is 78.0 Å².